The molecular formula is C11H13Cl2NO. The lowest BCUT2D eigenvalue weighted by molar-refractivity contribution is 0.355. The Kier molecular flexibility index (Phi) is 5.54. The molecule has 0 radical (unpaired) electrons. The Balaban J connectivity index is 2.66. The molecule has 0 aromatic heterocycles. The lowest BCUT2D eigenvalue weighted by atomic mass is 10.1. The lowest BCUT2D eigenvalue weighted by Crippen LogP contribution is -2.06. The molecule has 15 heavy (non-hydrogen) atoms. The van der Waals surface area contributed by atoms with Crippen LogP contribution in [0, 0.1) is 0 Å². The highest BCUT2D eigenvalue weighted by atomic mass is 35.5. The van der Waals surface area contributed by atoms with Gasteiger partial charge in [0, 0.05) is 5.54 Å². The van der Waals surface area contributed by atoms with Gasteiger partial charge in [0.25, 0.3) is 0 Å². The maximum atomic E-state index is 5.72. The van der Waals surface area contributed by atoms with Crippen LogP contribution >= 0.6 is 23.2 Å². The van der Waals surface area contributed by atoms with E-state index in [0.717, 1.165) is 17.7 Å². The smallest absolute Gasteiger partial charge is 0.125 e. The number of ether oxygens (including phenoxy) is 1. The molecule has 0 heterocycles. The van der Waals surface area contributed by atoms with Gasteiger partial charge < -0.3 is 10.5 Å². The molecular weight excluding hydrogens is 233 g/mol. The van der Waals surface area contributed by atoms with Crippen LogP contribution in [0.25, 0.3) is 0 Å². The first kappa shape index (κ1) is 12.4. The number of benzene rings is 1. The maximum absolute atomic E-state index is 5.72. The van der Waals surface area contributed by atoms with Gasteiger partial charge in [0.1, 0.15) is 12.4 Å². The summed E-state index contributed by atoms with van der Waals surface area (Å²) in [6.45, 7) is 0.881. The fourth-order valence-corrected chi connectivity index (χ4v) is 1.30. The van der Waals surface area contributed by atoms with E-state index in [9.17, 15) is 0 Å². The van der Waals surface area contributed by atoms with Crippen molar-refractivity contribution in [1.82, 2.24) is 0 Å². The van der Waals surface area contributed by atoms with E-state index in [1.54, 1.807) is 0 Å². The molecule has 0 saturated carbocycles. The van der Waals surface area contributed by atoms with Crippen LogP contribution in [0.3, 0.4) is 0 Å². The Bertz CT molecular complexity index is 339. The summed E-state index contributed by atoms with van der Waals surface area (Å²) in [5, 5.41) is 0.471. The first-order chi connectivity index (χ1) is 7.27. The monoisotopic (exact) mass is 245 g/mol. The quantitative estimate of drug-likeness (QED) is 0.866. The van der Waals surface area contributed by atoms with E-state index >= 15 is 0 Å². The van der Waals surface area contributed by atoms with Gasteiger partial charge in [-0.05, 0) is 24.6 Å². The predicted octanol–water partition coefficient (Wildman–Crippen LogP) is 2.89. The molecule has 82 valence electrons. The third kappa shape index (κ3) is 4.12. The first-order valence-corrected chi connectivity index (χ1v) is 5.45. The molecule has 0 unspecified atom stereocenters. The van der Waals surface area contributed by atoms with Crippen LogP contribution in [-0.4, -0.2) is 13.2 Å². The van der Waals surface area contributed by atoms with Crippen LogP contribution in [0.15, 0.2) is 34.8 Å². The first-order valence-electron chi connectivity index (χ1n) is 4.63. The highest BCUT2D eigenvalue weighted by molar-refractivity contribution is 6.36. The fraction of sp³-hybridized carbons (Fsp3) is 0.273. The molecule has 0 aliphatic carbocycles. The van der Waals surface area contributed by atoms with E-state index < -0.39 is 0 Å². The number of para-hydroxylation sites is 1. The fourth-order valence-electron chi connectivity index (χ4n) is 1.18. The van der Waals surface area contributed by atoms with Crippen LogP contribution < -0.4 is 10.5 Å². The molecule has 4 heteroatoms. The van der Waals surface area contributed by atoms with Crippen LogP contribution in [0.2, 0.25) is 0 Å². The molecule has 0 saturated heterocycles. The Morgan fingerprint density at radius 1 is 1.40 bits per heavy atom. The average molecular weight is 246 g/mol. The predicted molar refractivity (Wildman–Crippen MR) is 64.5 cm³/mol. The third-order valence-electron chi connectivity index (χ3n) is 1.87. The van der Waals surface area contributed by atoms with Gasteiger partial charge in [-0.3, -0.25) is 0 Å². The van der Waals surface area contributed by atoms with Gasteiger partial charge in [0.15, 0.2) is 0 Å². The van der Waals surface area contributed by atoms with Crippen LogP contribution in [0.5, 0.6) is 5.75 Å². The van der Waals surface area contributed by atoms with Gasteiger partial charge in [-0.25, -0.2) is 0 Å². The summed E-state index contributed by atoms with van der Waals surface area (Å²) in [5.74, 6) is 0.805. The molecule has 1 aromatic carbocycles. The summed E-state index contributed by atoms with van der Waals surface area (Å²) in [4.78, 5) is 0. The van der Waals surface area contributed by atoms with Crippen LogP contribution in [0.4, 0.5) is 0 Å². The zero-order chi connectivity index (χ0) is 11.1. The van der Waals surface area contributed by atoms with Crippen LogP contribution in [-0.2, 0) is 6.42 Å². The maximum Gasteiger partial charge on any atom is 0.125 e. The zero-order valence-electron chi connectivity index (χ0n) is 8.25. The van der Waals surface area contributed by atoms with Crippen molar-refractivity contribution in [2.75, 3.05) is 13.2 Å². The van der Waals surface area contributed by atoms with Crippen molar-refractivity contribution in [2.45, 2.75) is 6.42 Å². The summed E-state index contributed by atoms with van der Waals surface area (Å²) in [6, 6.07) is 7.74. The largest absolute Gasteiger partial charge is 0.488 e. The van der Waals surface area contributed by atoms with Crippen molar-refractivity contribution in [3.63, 3.8) is 0 Å². The summed E-state index contributed by atoms with van der Waals surface area (Å²) in [7, 11) is 0. The van der Waals surface area contributed by atoms with E-state index in [-0.39, 0.29) is 6.61 Å². The zero-order valence-corrected chi connectivity index (χ0v) is 9.76. The van der Waals surface area contributed by atoms with Crippen molar-refractivity contribution in [2.24, 2.45) is 5.73 Å². The number of hydrogen-bond donors (Lipinski definition) is 1. The minimum Gasteiger partial charge on any atom is -0.488 e. The number of halogens is 2. The van der Waals surface area contributed by atoms with E-state index in [1.165, 1.54) is 5.54 Å². The molecule has 0 bridgehead atoms. The van der Waals surface area contributed by atoms with E-state index in [4.69, 9.17) is 33.7 Å². The van der Waals surface area contributed by atoms with E-state index in [0.29, 0.717) is 11.6 Å². The van der Waals surface area contributed by atoms with Crippen molar-refractivity contribution in [1.29, 1.82) is 0 Å². The Morgan fingerprint density at radius 2 is 2.13 bits per heavy atom. The van der Waals surface area contributed by atoms with E-state index in [2.05, 4.69) is 0 Å². The van der Waals surface area contributed by atoms with Gasteiger partial charge in [0.05, 0.1) is 5.03 Å². The second-order valence-electron chi connectivity index (χ2n) is 2.99. The topological polar surface area (TPSA) is 35.2 Å². The number of hydrogen-bond acceptors (Lipinski definition) is 2. The molecule has 0 fully saturated rings. The van der Waals surface area contributed by atoms with E-state index in [1.807, 2.05) is 24.3 Å². The van der Waals surface area contributed by atoms with Gasteiger partial charge in [-0.2, -0.15) is 0 Å². The molecule has 1 aromatic rings. The molecule has 2 nitrogen and oxygen atoms in total. The van der Waals surface area contributed by atoms with Crippen molar-refractivity contribution < 1.29 is 4.74 Å². The standard InChI is InChI=1S/C11H13Cl2NO/c12-7-10(13)8-15-11-4-2-1-3-9(11)5-6-14/h1-4,7H,5-6,8,14H2. The second kappa shape index (κ2) is 6.72. The highest BCUT2D eigenvalue weighted by Crippen LogP contribution is 2.19. The molecule has 0 amide bonds. The lowest BCUT2D eigenvalue weighted by Gasteiger charge is -2.09. The SMILES string of the molecule is NCCc1ccccc1OCC(Cl)=CCl. The van der Waals surface area contributed by atoms with Gasteiger partial charge in [-0.1, -0.05) is 41.4 Å². The van der Waals surface area contributed by atoms with Gasteiger partial charge in [-0.15, -0.1) is 0 Å². The molecule has 2 N–H and O–H groups in total. The Hall–Kier alpha value is -0.700. The summed E-state index contributed by atoms with van der Waals surface area (Å²) >= 11 is 11.1. The molecule has 0 atom stereocenters. The normalized spacial score (nSPS) is 11.5. The van der Waals surface area contributed by atoms with Gasteiger partial charge in [0.2, 0.25) is 0 Å². The Morgan fingerprint density at radius 3 is 2.80 bits per heavy atom. The summed E-state index contributed by atoms with van der Waals surface area (Å²) in [5.41, 5.74) is 7.88. The van der Waals surface area contributed by atoms with Crippen LogP contribution in [0.1, 0.15) is 5.56 Å². The minimum absolute atomic E-state index is 0.284. The molecule has 0 spiro atoms. The highest BCUT2D eigenvalue weighted by Gasteiger charge is 2.02. The second-order valence-corrected chi connectivity index (χ2v) is 3.69. The summed E-state index contributed by atoms with van der Waals surface area (Å²) in [6.07, 6.45) is 0.790. The molecule has 0 aliphatic rings. The number of nitrogens with two attached hydrogens (primary N) is 1. The van der Waals surface area contributed by atoms with Crippen molar-refractivity contribution >= 4 is 23.2 Å². The van der Waals surface area contributed by atoms with Crippen molar-refractivity contribution in [3.05, 3.63) is 40.4 Å². The summed E-state index contributed by atoms with van der Waals surface area (Å²) < 4.78 is 5.50. The molecule has 1 rings (SSSR count). The average Bonchev–Trinajstić information content (AvgIpc) is 2.28. The molecule has 0 aliphatic heterocycles. The van der Waals surface area contributed by atoms with Gasteiger partial charge >= 0.3 is 0 Å². The number of rotatable bonds is 5. The Labute approximate surface area is 99.6 Å². The van der Waals surface area contributed by atoms with Crippen molar-refractivity contribution in [3.8, 4) is 5.75 Å². The minimum atomic E-state index is 0.284. The third-order valence-corrected chi connectivity index (χ3v) is 2.46.